The Morgan fingerprint density at radius 2 is 1.96 bits per heavy atom. The number of hydrogen-bond donors (Lipinski definition) is 0. The third-order valence-electron chi connectivity index (χ3n) is 4.75. The Kier molecular flexibility index (Phi) is 5.55. The van der Waals surface area contributed by atoms with E-state index in [-0.39, 0.29) is 24.8 Å². The van der Waals surface area contributed by atoms with Crippen LogP contribution in [0.4, 0.5) is 0 Å². The lowest BCUT2D eigenvalue weighted by Gasteiger charge is -2.30. The van der Waals surface area contributed by atoms with E-state index < -0.39 is 15.7 Å². The Labute approximate surface area is 162 Å². The first-order chi connectivity index (χ1) is 12.7. The summed E-state index contributed by atoms with van der Waals surface area (Å²) in [5.74, 6) is 0.0649. The maximum atomic E-state index is 12.5. The smallest absolute Gasteiger partial charge is 0.292 e. The molecule has 146 valence electrons. The minimum absolute atomic E-state index is 0.182. The molecule has 1 aromatic heterocycles. The van der Waals surface area contributed by atoms with E-state index in [0.717, 1.165) is 11.1 Å². The van der Waals surface area contributed by atoms with Crippen LogP contribution in [-0.4, -0.2) is 52.2 Å². The van der Waals surface area contributed by atoms with Crippen LogP contribution >= 0.6 is 11.6 Å². The normalized spacial score (nSPS) is 18.6. The standard InChI is InChI=1S/C17H21ClN4O4S/c1-20-16(13-4-3-9-21(10-13)27(2,25)26)19-22(17(20)24)11-15(23)12-5-7-14(18)8-6-12/h5-8,13H,3-4,9-11H2,1-2H3. The number of hydrogen-bond acceptors (Lipinski definition) is 5. The van der Waals surface area contributed by atoms with Crippen molar-refractivity contribution in [3.8, 4) is 0 Å². The molecule has 8 nitrogen and oxygen atoms in total. The molecule has 1 aliphatic heterocycles. The zero-order valence-corrected chi connectivity index (χ0v) is 16.7. The molecule has 0 aliphatic carbocycles. The van der Waals surface area contributed by atoms with Gasteiger partial charge in [0.2, 0.25) is 10.0 Å². The van der Waals surface area contributed by atoms with Crippen molar-refractivity contribution in [3.05, 3.63) is 51.2 Å². The molecular formula is C17H21ClN4O4S. The molecule has 3 rings (SSSR count). The number of carbonyl (C=O) groups is 1. The monoisotopic (exact) mass is 412 g/mol. The van der Waals surface area contributed by atoms with E-state index in [1.807, 2.05) is 0 Å². The van der Waals surface area contributed by atoms with Crippen molar-refractivity contribution in [1.82, 2.24) is 18.7 Å². The van der Waals surface area contributed by atoms with Gasteiger partial charge >= 0.3 is 5.69 Å². The lowest BCUT2D eigenvalue weighted by atomic mass is 9.99. The van der Waals surface area contributed by atoms with E-state index in [2.05, 4.69) is 5.10 Å². The molecule has 27 heavy (non-hydrogen) atoms. The quantitative estimate of drug-likeness (QED) is 0.689. The average Bonchev–Trinajstić information content (AvgIpc) is 2.90. The number of sulfonamides is 1. The second kappa shape index (κ2) is 7.57. The Balaban J connectivity index is 1.83. The molecule has 0 spiro atoms. The van der Waals surface area contributed by atoms with Crippen LogP contribution in [-0.2, 0) is 23.6 Å². The molecule has 1 fully saturated rings. The van der Waals surface area contributed by atoms with Crippen LogP contribution in [0.3, 0.4) is 0 Å². The second-order valence-electron chi connectivity index (χ2n) is 6.75. The summed E-state index contributed by atoms with van der Waals surface area (Å²) in [6.07, 6.45) is 2.61. The predicted molar refractivity (Wildman–Crippen MR) is 102 cm³/mol. The Hall–Kier alpha value is -1.97. The zero-order chi connectivity index (χ0) is 19.8. The number of halogens is 1. The van der Waals surface area contributed by atoms with Crippen molar-refractivity contribution in [1.29, 1.82) is 0 Å². The molecule has 2 aromatic rings. The van der Waals surface area contributed by atoms with Gasteiger partial charge in [-0.05, 0) is 37.1 Å². The summed E-state index contributed by atoms with van der Waals surface area (Å²) in [5, 5.41) is 4.86. The highest BCUT2D eigenvalue weighted by atomic mass is 35.5. The fraction of sp³-hybridized carbons (Fsp3) is 0.471. The van der Waals surface area contributed by atoms with Gasteiger partial charge in [0.25, 0.3) is 0 Å². The molecule has 1 unspecified atom stereocenters. The highest BCUT2D eigenvalue weighted by molar-refractivity contribution is 7.88. The summed E-state index contributed by atoms with van der Waals surface area (Å²) < 4.78 is 27.6. The number of rotatable bonds is 5. The Morgan fingerprint density at radius 1 is 1.30 bits per heavy atom. The summed E-state index contributed by atoms with van der Waals surface area (Å²) in [7, 11) is -1.70. The Morgan fingerprint density at radius 3 is 2.59 bits per heavy atom. The molecule has 1 aliphatic rings. The molecule has 2 heterocycles. The van der Waals surface area contributed by atoms with Crippen LogP contribution in [0.5, 0.6) is 0 Å². The molecule has 1 atom stereocenters. The Bertz CT molecular complexity index is 1010. The van der Waals surface area contributed by atoms with Gasteiger partial charge in [0.15, 0.2) is 5.78 Å². The van der Waals surface area contributed by atoms with Gasteiger partial charge in [-0.1, -0.05) is 11.6 Å². The first-order valence-corrected chi connectivity index (χ1v) is 10.8. The maximum Gasteiger partial charge on any atom is 0.346 e. The van der Waals surface area contributed by atoms with Gasteiger partial charge in [-0.25, -0.2) is 22.2 Å². The predicted octanol–water partition coefficient (Wildman–Crippen LogP) is 1.26. The molecule has 1 aromatic carbocycles. The number of ketones is 1. The number of aromatic nitrogens is 3. The van der Waals surface area contributed by atoms with Gasteiger partial charge in [-0.2, -0.15) is 5.10 Å². The van der Waals surface area contributed by atoms with Gasteiger partial charge in [-0.3, -0.25) is 9.36 Å². The number of benzene rings is 1. The van der Waals surface area contributed by atoms with E-state index in [1.54, 1.807) is 31.3 Å². The van der Waals surface area contributed by atoms with Crippen LogP contribution in [0, 0.1) is 0 Å². The molecule has 0 saturated carbocycles. The van der Waals surface area contributed by atoms with Crippen molar-refractivity contribution in [2.75, 3.05) is 19.3 Å². The summed E-state index contributed by atoms with van der Waals surface area (Å²) in [5.41, 5.74) is 0.0446. The highest BCUT2D eigenvalue weighted by Gasteiger charge is 2.30. The van der Waals surface area contributed by atoms with Crippen molar-refractivity contribution in [2.45, 2.75) is 25.3 Å². The SMILES string of the molecule is Cn1c(C2CCCN(S(C)(=O)=O)C2)nn(CC(=O)c2ccc(Cl)cc2)c1=O. The van der Waals surface area contributed by atoms with Crippen molar-refractivity contribution in [3.63, 3.8) is 0 Å². The van der Waals surface area contributed by atoms with Crippen LogP contribution in [0.1, 0.15) is 34.9 Å². The lowest BCUT2D eigenvalue weighted by Crippen LogP contribution is -2.39. The third-order valence-corrected chi connectivity index (χ3v) is 6.27. The fourth-order valence-electron chi connectivity index (χ4n) is 3.28. The van der Waals surface area contributed by atoms with E-state index in [1.165, 1.54) is 15.1 Å². The first-order valence-electron chi connectivity index (χ1n) is 8.54. The van der Waals surface area contributed by atoms with Gasteiger partial charge in [0.05, 0.1) is 6.26 Å². The number of carbonyl (C=O) groups excluding carboxylic acids is 1. The number of nitrogens with zero attached hydrogens (tertiary/aromatic N) is 4. The largest absolute Gasteiger partial charge is 0.346 e. The van der Waals surface area contributed by atoms with Crippen LogP contribution < -0.4 is 5.69 Å². The molecule has 10 heteroatoms. The minimum Gasteiger partial charge on any atom is -0.292 e. The summed E-state index contributed by atoms with van der Waals surface area (Å²) in [6, 6.07) is 6.43. The molecular weight excluding hydrogens is 392 g/mol. The average molecular weight is 413 g/mol. The van der Waals surface area contributed by atoms with Gasteiger partial charge in [0.1, 0.15) is 12.4 Å². The van der Waals surface area contributed by atoms with Gasteiger partial charge < -0.3 is 0 Å². The zero-order valence-electron chi connectivity index (χ0n) is 15.1. The highest BCUT2D eigenvalue weighted by Crippen LogP contribution is 2.26. The topological polar surface area (TPSA) is 94.3 Å². The van der Waals surface area contributed by atoms with E-state index in [9.17, 15) is 18.0 Å². The second-order valence-corrected chi connectivity index (χ2v) is 9.17. The van der Waals surface area contributed by atoms with E-state index in [0.29, 0.717) is 29.4 Å². The molecule has 1 saturated heterocycles. The van der Waals surface area contributed by atoms with Gasteiger partial charge in [-0.15, -0.1) is 0 Å². The van der Waals surface area contributed by atoms with Crippen molar-refractivity contribution < 1.29 is 13.2 Å². The lowest BCUT2D eigenvalue weighted by molar-refractivity contribution is 0.0966. The first kappa shape index (κ1) is 19.8. The summed E-state index contributed by atoms with van der Waals surface area (Å²) in [4.78, 5) is 24.9. The van der Waals surface area contributed by atoms with Gasteiger partial charge in [0, 0.05) is 36.6 Å². The molecule has 0 N–H and O–H groups in total. The van der Waals surface area contributed by atoms with E-state index in [4.69, 9.17) is 11.6 Å². The maximum absolute atomic E-state index is 12.5. The number of piperidine rings is 1. The van der Waals surface area contributed by atoms with Crippen molar-refractivity contribution >= 4 is 27.4 Å². The summed E-state index contributed by atoms with van der Waals surface area (Å²) in [6.45, 7) is 0.574. The van der Waals surface area contributed by atoms with Crippen molar-refractivity contribution in [2.24, 2.45) is 7.05 Å². The van der Waals surface area contributed by atoms with Crippen LogP contribution in [0.25, 0.3) is 0 Å². The van der Waals surface area contributed by atoms with Crippen LogP contribution in [0.2, 0.25) is 5.02 Å². The summed E-state index contributed by atoms with van der Waals surface area (Å²) >= 11 is 5.83. The fourth-order valence-corrected chi connectivity index (χ4v) is 4.32. The van der Waals surface area contributed by atoms with Crippen LogP contribution in [0.15, 0.2) is 29.1 Å². The molecule has 0 bridgehead atoms. The number of Topliss-reactive ketones (excluding diaryl/α,β-unsaturated/α-hetero) is 1. The molecule has 0 amide bonds. The third kappa shape index (κ3) is 4.31. The minimum atomic E-state index is -3.30. The molecule has 0 radical (unpaired) electrons. The van der Waals surface area contributed by atoms with E-state index >= 15 is 0 Å².